The highest BCUT2D eigenvalue weighted by atomic mass is 16.1. The lowest BCUT2D eigenvalue weighted by atomic mass is 9.92. The molecule has 90 valence electrons. The molecule has 0 radical (unpaired) electrons. The van der Waals surface area contributed by atoms with Crippen molar-refractivity contribution in [1.82, 2.24) is 9.55 Å². The van der Waals surface area contributed by atoms with Crippen molar-refractivity contribution in [3.63, 3.8) is 0 Å². The minimum absolute atomic E-state index is 0.0654. The molecule has 0 saturated carbocycles. The first-order valence-corrected chi connectivity index (χ1v) is 5.77. The molecular formula is C14H18N2O. The molecule has 0 aliphatic carbocycles. The molecule has 0 aliphatic rings. The maximum absolute atomic E-state index is 11.9. The first-order valence-electron chi connectivity index (χ1n) is 5.77. The number of H-pyrrole nitrogens is 1. The van der Waals surface area contributed by atoms with E-state index in [9.17, 15) is 4.79 Å². The molecule has 2 rings (SSSR count). The van der Waals surface area contributed by atoms with Gasteiger partial charge in [-0.1, -0.05) is 38.5 Å². The van der Waals surface area contributed by atoms with Gasteiger partial charge in [0.2, 0.25) is 0 Å². The molecule has 3 nitrogen and oxygen atoms in total. The summed E-state index contributed by atoms with van der Waals surface area (Å²) in [6.07, 6.45) is 1.79. The third-order valence-corrected chi connectivity index (χ3v) is 2.84. The first kappa shape index (κ1) is 11.7. The van der Waals surface area contributed by atoms with Gasteiger partial charge < -0.3 is 4.98 Å². The van der Waals surface area contributed by atoms with Gasteiger partial charge in [-0.25, -0.2) is 4.79 Å². The summed E-state index contributed by atoms with van der Waals surface area (Å²) in [5, 5.41) is 0. The molecular weight excluding hydrogens is 212 g/mol. The van der Waals surface area contributed by atoms with Crippen LogP contribution in [0.5, 0.6) is 0 Å². The lowest BCUT2D eigenvalue weighted by Gasteiger charge is -2.20. The fourth-order valence-electron chi connectivity index (χ4n) is 1.87. The van der Waals surface area contributed by atoms with E-state index >= 15 is 0 Å². The van der Waals surface area contributed by atoms with Crippen LogP contribution in [0.1, 0.15) is 32.0 Å². The number of aromatic nitrogens is 2. The van der Waals surface area contributed by atoms with Crippen molar-refractivity contribution in [3.8, 4) is 5.69 Å². The Morgan fingerprint density at radius 3 is 2.24 bits per heavy atom. The number of imidazole rings is 1. The van der Waals surface area contributed by atoms with Crippen LogP contribution in [-0.4, -0.2) is 9.55 Å². The number of nitrogens with one attached hydrogen (secondary N) is 1. The molecule has 0 fully saturated rings. The molecule has 0 saturated heterocycles. The second kappa shape index (κ2) is 3.91. The fourth-order valence-corrected chi connectivity index (χ4v) is 1.87. The van der Waals surface area contributed by atoms with Crippen LogP contribution in [0.3, 0.4) is 0 Å². The number of hydrogen-bond acceptors (Lipinski definition) is 1. The Bertz CT molecular complexity index is 568. The summed E-state index contributed by atoms with van der Waals surface area (Å²) in [4.78, 5) is 14.6. The van der Waals surface area contributed by atoms with Gasteiger partial charge in [0.05, 0.1) is 5.69 Å². The van der Waals surface area contributed by atoms with E-state index in [2.05, 4.69) is 25.8 Å². The maximum Gasteiger partial charge on any atom is 0.330 e. The Kier molecular flexibility index (Phi) is 2.69. The number of nitrogens with zero attached hydrogens (tertiary/aromatic N) is 1. The summed E-state index contributed by atoms with van der Waals surface area (Å²) in [6.45, 7) is 8.33. The molecule has 1 heterocycles. The molecule has 1 aromatic carbocycles. The predicted molar refractivity (Wildman–Crippen MR) is 69.8 cm³/mol. The molecule has 17 heavy (non-hydrogen) atoms. The summed E-state index contributed by atoms with van der Waals surface area (Å²) >= 11 is 0. The summed E-state index contributed by atoms with van der Waals surface area (Å²) in [7, 11) is 0. The van der Waals surface area contributed by atoms with E-state index in [-0.39, 0.29) is 11.1 Å². The van der Waals surface area contributed by atoms with E-state index in [1.807, 2.05) is 31.2 Å². The SMILES string of the molecule is Cc1ccc(-n2c(C(C)(C)C)c[nH]c2=O)cc1. The topological polar surface area (TPSA) is 37.8 Å². The number of aryl methyl sites for hydroxylation is 1. The van der Waals surface area contributed by atoms with Gasteiger partial charge in [-0.05, 0) is 19.1 Å². The van der Waals surface area contributed by atoms with Crippen molar-refractivity contribution in [1.29, 1.82) is 0 Å². The zero-order valence-corrected chi connectivity index (χ0v) is 10.7. The Morgan fingerprint density at radius 1 is 1.12 bits per heavy atom. The minimum atomic E-state index is -0.0845. The second-order valence-corrected chi connectivity index (χ2v) is 5.40. The molecule has 1 aromatic heterocycles. The zero-order valence-electron chi connectivity index (χ0n) is 10.7. The van der Waals surface area contributed by atoms with Gasteiger partial charge in [-0.15, -0.1) is 0 Å². The van der Waals surface area contributed by atoms with Gasteiger partial charge in [0.1, 0.15) is 0 Å². The van der Waals surface area contributed by atoms with Crippen LogP contribution in [0.25, 0.3) is 5.69 Å². The van der Waals surface area contributed by atoms with Crippen LogP contribution < -0.4 is 5.69 Å². The number of aromatic amines is 1. The van der Waals surface area contributed by atoms with Crippen LogP contribution in [0, 0.1) is 6.92 Å². The van der Waals surface area contributed by atoms with Crippen molar-refractivity contribution < 1.29 is 0 Å². The Balaban J connectivity index is 2.63. The lowest BCUT2D eigenvalue weighted by Crippen LogP contribution is -2.23. The van der Waals surface area contributed by atoms with E-state index in [1.54, 1.807) is 10.8 Å². The van der Waals surface area contributed by atoms with Crippen molar-refractivity contribution in [2.75, 3.05) is 0 Å². The summed E-state index contributed by atoms with van der Waals surface area (Å²) in [6, 6.07) is 7.97. The number of hydrogen-bond donors (Lipinski definition) is 1. The highest BCUT2D eigenvalue weighted by molar-refractivity contribution is 5.37. The second-order valence-electron chi connectivity index (χ2n) is 5.40. The van der Waals surface area contributed by atoms with Gasteiger partial charge in [0.25, 0.3) is 0 Å². The summed E-state index contributed by atoms with van der Waals surface area (Å²) in [5.74, 6) is 0. The molecule has 2 aromatic rings. The molecule has 0 bridgehead atoms. The molecule has 3 heteroatoms. The Hall–Kier alpha value is -1.77. The average Bonchev–Trinajstić information content (AvgIpc) is 2.61. The zero-order chi connectivity index (χ0) is 12.6. The Morgan fingerprint density at radius 2 is 1.71 bits per heavy atom. The minimum Gasteiger partial charge on any atom is -0.312 e. The predicted octanol–water partition coefficient (Wildman–Crippen LogP) is 2.77. The fraction of sp³-hybridized carbons (Fsp3) is 0.357. The number of benzene rings is 1. The number of rotatable bonds is 1. The van der Waals surface area contributed by atoms with Crippen molar-refractivity contribution in [2.45, 2.75) is 33.1 Å². The van der Waals surface area contributed by atoms with Crippen LogP contribution in [-0.2, 0) is 5.41 Å². The van der Waals surface area contributed by atoms with E-state index in [1.165, 1.54) is 5.56 Å². The van der Waals surface area contributed by atoms with Gasteiger partial charge in [-0.2, -0.15) is 0 Å². The van der Waals surface area contributed by atoms with Gasteiger partial charge in [0, 0.05) is 17.3 Å². The summed E-state index contributed by atoms with van der Waals surface area (Å²) < 4.78 is 1.74. The van der Waals surface area contributed by atoms with Crippen LogP contribution in [0.15, 0.2) is 35.3 Å². The van der Waals surface area contributed by atoms with E-state index < -0.39 is 0 Å². The standard InChI is InChI=1S/C14H18N2O/c1-10-5-7-11(8-6-10)16-12(14(2,3)4)9-15-13(16)17/h5-9H,1-4H3,(H,15,17). The average molecular weight is 230 g/mol. The maximum atomic E-state index is 11.9. The molecule has 0 unspecified atom stereocenters. The molecule has 0 atom stereocenters. The van der Waals surface area contributed by atoms with Crippen LogP contribution >= 0.6 is 0 Å². The smallest absolute Gasteiger partial charge is 0.312 e. The van der Waals surface area contributed by atoms with Crippen molar-refractivity contribution in [3.05, 3.63) is 52.2 Å². The normalized spacial score (nSPS) is 11.8. The quantitative estimate of drug-likeness (QED) is 0.803. The molecule has 0 amide bonds. The molecule has 0 spiro atoms. The van der Waals surface area contributed by atoms with Crippen LogP contribution in [0.4, 0.5) is 0 Å². The molecule has 1 N–H and O–H groups in total. The monoisotopic (exact) mass is 230 g/mol. The largest absolute Gasteiger partial charge is 0.330 e. The van der Waals surface area contributed by atoms with E-state index in [0.29, 0.717) is 0 Å². The van der Waals surface area contributed by atoms with Gasteiger partial charge in [-0.3, -0.25) is 4.57 Å². The van der Waals surface area contributed by atoms with Gasteiger partial charge in [0.15, 0.2) is 0 Å². The lowest BCUT2D eigenvalue weighted by molar-refractivity contribution is 0.554. The molecule has 0 aliphatic heterocycles. The van der Waals surface area contributed by atoms with E-state index in [0.717, 1.165) is 11.4 Å². The highest BCUT2D eigenvalue weighted by Gasteiger charge is 2.20. The highest BCUT2D eigenvalue weighted by Crippen LogP contribution is 2.23. The van der Waals surface area contributed by atoms with E-state index in [4.69, 9.17) is 0 Å². The Labute approximate surface area is 101 Å². The third kappa shape index (κ3) is 2.18. The van der Waals surface area contributed by atoms with Crippen molar-refractivity contribution in [2.24, 2.45) is 0 Å². The van der Waals surface area contributed by atoms with Crippen molar-refractivity contribution >= 4 is 0 Å². The first-order chi connectivity index (χ1) is 7.89. The third-order valence-electron chi connectivity index (χ3n) is 2.84. The summed E-state index contributed by atoms with van der Waals surface area (Å²) in [5.41, 5.74) is 2.94. The van der Waals surface area contributed by atoms with Gasteiger partial charge >= 0.3 is 5.69 Å². The van der Waals surface area contributed by atoms with Crippen LogP contribution in [0.2, 0.25) is 0 Å².